The van der Waals surface area contributed by atoms with Crippen molar-refractivity contribution in [1.82, 2.24) is 14.8 Å². The molecule has 116 valence electrons. The number of benzene rings is 2. The van der Waals surface area contributed by atoms with E-state index < -0.39 is 0 Å². The molecule has 0 aliphatic rings. The normalized spacial score (nSPS) is 10.9. The van der Waals surface area contributed by atoms with Crippen molar-refractivity contribution in [3.8, 4) is 16.9 Å². The van der Waals surface area contributed by atoms with Gasteiger partial charge in [0.25, 0.3) is 0 Å². The molecule has 0 unspecified atom stereocenters. The Labute approximate surface area is 144 Å². The van der Waals surface area contributed by atoms with Crippen molar-refractivity contribution in [2.24, 2.45) is 0 Å². The maximum absolute atomic E-state index is 6.44. The highest BCUT2D eigenvalue weighted by Gasteiger charge is 2.07. The molecule has 4 heteroatoms. The van der Waals surface area contributed by atoms with Gasteiger partial charge in [0.2, 0.25) is 0 Å². The highest BCUT2D eigenvalue weighted by Crippen LogP contribution is 2.29. The van der Waals surface area contributed by atoms with Crippen molar-refractivity contribution in [2.45, 2.75) is 0 Å². The third-order valence-corrected chi connectivity index (χ3v) is 4.26. The number of rotatable bonds is 3. The minimum atomic E-state index is 0.696. The molecular formula is C20H14ClN3. The molecule has 0 saturated carbocycles. The second-order valence-electron chi connectivity index (χ2n) is 5.47. The van der Waals surface area contributed by atoms with Gasteiger partial charge in [0.1, 0.15) is 0 Å². The summed E-state index contributed by atoms with van der Waals surface area (Å²) in [4.78, 5) is 4.75. The van der Waals surface area contributed by atoms with Crippen LogP contribution in [0, 0.1) is 0 Å². The van der Waals surface area contributed by atoms with Gasteiger partial charge in [-0.1, -0.05) is 48.5 Å². The second kappa shape index (κ2) is 5.95. The molecule has 4 aromatic rings. The van der Waals surface area contributed by atoms with Gasteiger partial charge in [-0.2, -0.15) is 5.10 Å². The Kier molecular flexibility index (Phi) is 3.63. The summed E-state index contributed by atoms with van der Waals surface area (Å²) in [5, 5.41) is 5.87. The largest absolute Gasteiger partial charge is 0.248 e. The van der Waals surface area contributed by atoms with Crippen LogP contribution in [0.2, 0.25) is 5.02 Å². The summed E-state index contributed by atoms with van der Waals surface area (Å²) in [7, 11) is 0. The number of nitrogens with zero attached hydrogens (tertiary/aromatic N) is 3. The molecule has 0 bridgehead atoms. The number of hydrogen-bond acceptors (Lipinski definition) is 2. The maximum Gasteiger partial charge on any atom is 0.0730 e. The van der Waals surface area contributed by atoms with Crippen LogP contribution < -0.4 is 0 Å². The first kappa shape index (κ1) is 14.7. The average Bonchev–Trinajstić information content (AvgIpc) is 3.16. The Morgan fingerprint density at radius 1 is 1.04 bits per heavy atom. The van der Waals surface area contributed by atoms with Gasteiger partial charge in [-0.05, 0) is 35.9 Å². The molecule has 0 amide bonds. The van der Waals surface area contributed by atoms with Crippen LogP contribution in [0.15, 0.2) is 73.6 Å². The Balaban J connectivity index is 1.79. The molecule has 2 aromatic carbocycles. The van der Waals surface area contributed by atoms with E-state index in [1.54, 1.807) is 12.3 Å². The SMILES string of the molecule is C=Cc1ccc2c(Cl)cc(-c3ccc(-n4cccn4)cc3)nc2c1. The molecule has 0 aliphatic carbocycles. The van der Waals surface area contributed by atoms with Crippen LogP contribution in [-0.2, 0) is 0 Å². The second-order valence-corrected chi connectivity index (χ2v) is 5.87. The third-order valence-electron chi connectivity index (χ3n) is 3.95. The summed E-state index contributed by atoms with van der Waals surface area (Å²) in [5.41, 5.74) is 4.76. The summed E-state index contributed by atoms with van der Waals surface area (Å²) in [6.07, 6.45) is 5.48. The van der Waals surface area contributed by atoms with Crippen LogP contribution in [0.5, 0.6) is 0 Å². The Hall–Kier alpha value is -2.91. The first-order valence-electron chi connectivity index (χ1n) is 7.58. The van der Waals surface area contributed by atoms with E-state index in [9.17, 15) is 0 Å². The zero-order valence-corrected chi connectivity index (χ0v) is 13.6. The minimum Gasteiger partial charge on any atom is -0.248 e. The van der Waals surface area contributed by atoms with Gasteiger partial charge < -0.3 is 0 Å². The van der Waals surface area contributed by atoms with Crippen LogP contribution >= 0.6 is 11.6 Å². The van der Waals surface area contributed by atoms with Gasteiger partial charge >= 0.3 is 0 Å². The average molecular weight is 332 g/mol. The number of aromatic nitrogens is 3. The fraction of sp³-hybridized carbons (Fsp3) is 0. The number of pyridine rings is 1. The first-order valence-corrected chi connectivity index (χ1v) is 7.95. The molecule has 24 heavy (non-hydrogen) atoms. The summed E-state index contributed by atoms with van der Waals surface area (Å²) in [6.45, 7) is 3.81. The van der Waals surface area contributed by atoms with Crippen LogP contribution in [0.4, 0.5) is 0 Å². The van der Waals surface area contributed by atoms with Crippen LogP contribution in [0.1, 0.15) is 5.56 Å². The van der Waals surface area contributed by atoms with Crippen molar-refractivity contribution < 1.29 is 0 Å². The molecule has 2 aromatic heterocycles. The summed E-state index contributed by atoms with van der Waals surface area (Å²) in [6, 6.07) is 17.8. The molecule has 4 rings (SSSR count). The standard InChI is InChI=1S/C20H14ClN3/c1-2-14-4-9-17-18(21)13-19(23-20(17)12-14)15-5-7-16(8-6-15)24-11-3-10-22-24/h2-13H,1H2. The van der Waals surface area contributed by atoms with E-state index in [2.05, 4.69) is 11.7 Å². The van der Waals surface area contributed by atoms with Crippen molar-refractivity contribution in [2.75, 3.05) is 0 Å². The van der Waals surface area contributed by atoms with E-state index in [-0.39, 0.29) is 0 Å². The van der Waals surface area contributed by atoms with Crippen molar-refractivity contribution >= 4 is 28.6 Å². The van der Waals surface area contributed by atoms with Crippen LogP contribution in [0.25, 0.3) is 33.9 Å². The number of hydrogen-bond donors (Lipinski definition) is 0. The van der Waals surface area contributed by atoms with E-state index in [1.807, 2.05) is 65.5 Å². The Morgan fingerprint density at radius 2 is 1.88 bits per heavy atom. The number of halogens is 1. The lowest BCUT2D eigenvalue weighted by Crippen LogP contribution is -1.94. The molecule has 0 saturated heterocycles. The molecule has 0 fully saturated rings. The minimum absolute atomic E-state index is 0.696. The van der Waals surface area contributed by atoms with E-state index >= 15 is 0 Å². The third kappa shape index (κ3) is 2.59. The molecular weight excluding hydrogens is 318 g/mol. The number of fused-ring (bicyclic) bond motifs is 1. The van der Waals surface area contributed by atoms with Crippen LogP contribution in [-0.4, -0.2) is 14.8 Å². The lowest BCUT2D eigenvalue weighted by atomic mass is 10.1. The Bertz CT molecular complexity index is 1020. The summed E-state index contributed by atoms with van der Waals surface area (Å²) < 4.78 is 1.82. The Morgan fingerprint density at radius 3 is 2.58 bits per heavy atom. The van der Waals surface area contributed by atoms with Crippen molar-refractivity contribution in [3.05, 3.63) is 84.2 Å². The predicted molar refractivity (Wildman–Crippen MR) is 99.4 cm³/mol. The molecule has 0 atom stereocenters. The lowest BCUT2D eigenvalue weighted by molar-refractivity contribution is 0.881. The van der Waals surface area contributed by atoms with Gasteiger partial charge in [-0.3, -0.25) is 0 Å². The molecule has 0 spiro atoms. The first-order chi connectivity index (χ1) is 11.7. The lowest BCUT2D eigenvalue weighted by Gasteiger charge is -2.08. The van der Waals surface area contributed by atoms with Gasteiger partial charge in [0.05, 0.1) is 21.9 Å². The molecule has 0 aliphatic heterocycles. The highest BCUT2D eigenvalue weighted by atomic mass is 35.5. The monoisotopic (exact) mass is 331 g/mol. The smallest absolute Gasteiger partial charge is 0.0730 e. The fourth-order valence-corrected chi connectivity index (χ4v) is 2.95. The fourth-order valence-electron chi connectivity index (χ4n) is 2.68. The molecule has 0 radical (unpaired) electrons. The zero-order chi connectivity index (χ0) is 16.5. The van der Waals surface area contributed by atoms with E-state index in [4.69, 9.17) is 16.6 Å². The topological polar surface area (TPSA) is 30.7 Å². The molecule has 0 N–H and O–H groups in total. The molecule has 3 nitrogen and oxygen atoms in total. The molecule has 2 heterocycles. The maximum atomic E-state index is 6.44. The van der Waals surface area contributed by atoms with Crippen LogP contribution in [0.3, 0.4) is 0 Å². The van der Waals surface area contributed by atoms with Crippen molar-refractivity contribution in [1.29, 1.82) is 0 Å². The highest BCUT2D eigenvalue weighted by molar-refractivity contribution is 6.35. The zero-order valence-electron chi connectivity index (χ0n) is 12.9. The van der Waals surface area contributed by atoms with Gasteiger partial charge in [0.15, 0.2) is 0 Å². The van der Waals surface area contributed by atoms with Gasteiger partial charge in [-0.15, -0.1) is 0 Å². The van der Waals surface area contributed by atoms with E-state index in [0.29, 0.717) is 5.02 Å². The van der Waals surface area contributed by atoms with Gasteiger partial charge in [-0.25, -0.2) is 9.67 Å². The van der Waals surface area contributed by atoms with Gasteiger partial charge in [0, 0.05) is 23.3 Å². The summed E-state index contributed by atoms with van der Waals surface area (Å²) >= 11 is 6.44. The summed E-state index contributed by atoms with van der Waals surface area (Å²) in [5.74, 6) is 0. The van der Waals surface area contributed by atoms with E-state index in [1.165, 1.54) is 0 Å². The van der Waals surface area contributed by atoms with Crippen molar-refractivity contribution in [3.63, 3.8) is 0 Å². The quantitative estimate of drug-likeness (QED) is 0.504. The predicted octanol–water partition coefficient (Wildman–Crippen LogP) is 5.38. The van der Waals surface area contributed by atoms with E-state index in [0.717, 1.165) is 33.4 Å².